The van der Waals surface area contributed by atoms with Gasteiger partial charge in [-0.25, -0.2) is 0 Å². The molecule has 0 atom stereocenters. The third-order valence-electron chi connectivity index (χ3n) is 4.89. The maximum Gasteiger partial charge on any atom is 0.0202 e. The summed E-state index contributed by atoms with van der Waals surface area (Å²) in [5, 5.41) is 3.48. The first-order valence-corrected chi connectivity index (χ1v) is 9.53. The number of hydrogen-bond donors (Lipinski definition) is 1. The molecule has 1 fully saturated rings. The summed E-state index contributed by atoms with van der Waals surface area (Å²) in [6.07, 6.45) is 12.6. The van der Waals surface area contributed by atoms with Gasteiger partial charge in [-0.1, -0.05) is 86.4 Å². The summed E-state index contributed by atoms with van der Waals surface area (Å²) in [5.74, 6) is 0. The lowest BCUT2D eigenvalue weighted by Gasteiger charge is -2.43. The van der Waals surface area contributed by atoms with Crippen molar-refractivity contribution in [1.29, 1.82) is 0 Å². The molecule has 2 rings (SSSR count). The average molecular weight is 352 g/mol. The lowest BCUT2D eigenvalue weighted by molar-refractivity contribution is 0.249. The number of hydrogen-bond acceptors (Lipinski definition) is 1. The van der Waals surface area contributed by atoms with Crippen molar-refractivity contribution in [3.63, 3.8) is 0 Å². The maximum atomic E-state index is 3.54. The molecule has 1 saturated heterocycles. The molecule has 118 valence electrons. The Morgan fingerprint density at radius 1 is 0.905 bits per heavy atom. The lowest BCUT2D eigenvalue weighted by atomic mass is 9.71. The van der Waals surface area contributed by atoms with E-state index >= 15 is 0 Å². The zero-order valence-electron chi connectivity index (χ0n) is 13.5. The Balaban J connectivity index is 1.67. The second-order valence-corrected chi connectivity index (χ2v) is 7.53. The van der Waals surface area contributed by atoms with E-state index in [1.807, 2.05) is 0 Å². The van der Waals surface area contributed by atoms with Crippen LogP contribution in [0.5, 0.6) is 0 Å². The molecular weight excluding hydrogens is 322 g/mol. The summed E-state index contributed by atoms with van der Waals surface area (Å²) in [6, 6.07) is 8.97. The molecule has 2 heteroatoms. The molecule has 0 aromatic heterocycles. The highest BCUT2D eigenvalue weighted by molar-refractivity contribution is 9.10. The van der Waals surface area contributed by atoms with Crippen LogP contribution in [0.25, 0.3) is 0 Å². The van der Waals surface area contributed by atoms with Gasteiger partial charge in [0.25, 0.3) is 0 Å². The Hall–Kier alpha value is -0.340. The smallest absolute Gasteiger partial charge is 0.0202 e. The van der Waals surface area contributed by atoms with Gasteiger partial charge >= 0.3 is 0 Å². The van der Waals surface area contributed by atoms with E-state index in [2.05, 4.69) is 52.4 Å². The molecule has 0 amide bonds. The van der Waals surface area contributed by atoms with Crippen molar-refractivity contribution in [2.75, 3.05) is 13.1 Å². The Bertz CT molecular complexity index is 395. The predicted molar refractivity (Wildman–Crippen MR) is 95.9 cm³/mol. The van der Waals surface area contributed by atoms with Crippen LogP contribution >= 0.6 is 15.9 Å². The molecule has 0 aliphatic carbocycles. The van der Waals surface area contributed by atoms with Gasteiger partial charge in [0.05, 0.1) is 0 Å². The first kappa shape index (κ1) is 17.0. The fraction of sp³-hybridized carbons (Fsp3) is 0.684. The second-order valence-electron chi connectivity index (χ2n) is 6.62. The number of benzene rings is 1. The molecule has 0 unspecified atom stereocenters. The normalized spacial score (nSPS) is 16.7. The Labute approximate surface area is 139 Å². The van der Waals surface area contributed by atoms with Crippen LogP contribution in [-0.4, -0.2) is 13.1 Å². The number of rotatable bonds is 10. The monoisotopic (exact) mass is 351 g/mol. The van der Waals surface area contributed by atoms with Gasteiger partial charge in [-0.2, -0.15) is 0 Å². The van der Waals surface area contributed by atoms with Gasteiger partial charge in [-0.3, -0.25) is 0 Å². The van der Waals surface area contributed by atoms with E-state index < -0.39 is 0 Å². The van der Waals surface area contributed by atoms with Crippen molar-refractivity contribution in [2.24, 2.45) is 0 Å². The summed E-state index contributed by atoms with van der Waals surface area (Å²) in [6.45, 7) is 4.60. The molecule has 21 heavy (non-hydrogen) atoms. The first-order valence-electron chi connectivity index (χ1n) is 8.74. The summed E-state index contributed by atoms with van der Waals surface area (Å²) in [4.78, 5) is 0. The van der Waals surface area contributed by atoms with Gasteiger partial charge in [0.15, 0.2) is 0 Å². The zero-order chi connectivity index (χ0) is 15.0. The molecule has 0 radical (unpaired) electrons. The van der Waals surface area contributed by atoms with Gasteiger partial charge in [-0.15, -0.1) is 0 Å². The van der Waals surface area contributed by atoms with E-state index in [9.17, 15) is 0 Å². The molecule has 0 saturated carbocycles. The van der Waals surface area contributed by atoms with Crippen molar-refractivity contribution in [2.45, 2.75) is 70.1 Å². The molecule has 1 N–H and O–H groups in total. The van der Waals surface area contributed by atoms with Crippen molar-refractivity contribution in [3.8, 4) is 0 Å². The minimum atomic E-state index is 0.420. The van der Waals surface area contributed by atoms with Crippen LogP contribution in [0.15, 0.2) is 28.7 Å². The Morgan fingerprint density at radius 3 is 2.00 bits per heavy atom. The van der Waals surface area contributed by atoms with E-state index in [1.165, 1.54) is 67.8 Å². The van der Waals surface area contributed by atoms with Crippen molar-refractivity contribution >= 4 is 15.9 Å². The molecule has 0 bridgehead atoms. The van der Waals surface area contributed by atoms with Crippen molar-refractivity contribution in [1.82, 2.24) is 5.32 Å². The van der Waals surface area contributed by atoms with Gasteiger partial charge in [0.1, 0.15) is 0 Å². The second kappa shape index (κ2) is 8.95. The summed E-state index contributed by atoms with van der Waals surface area (Å²) in [5.41, 5.74) is 1.94. The highest BCUT2D eigenvalue weighted by Crippen LogP contribution is 2.34. The lowest BCUT2D eigenvalue weighted by Crippen LogP contribution is -2.56. The third-order valence-corrected chi connectivity index (χ3v) is 5.42. The fourth-order valence-corrected chi connectivity index (χ4v) is 3.62. The van der Waals surface area contributed by atoms with Crippen LogP contribution in [-0.2, 0) is 5.41 Å². The van der Waals surface area contributed by atoms with Crippen LogP contribution in [0, 0.1) is 0 Å². The van der Waals surface area contributed by atoms with Crippen LogP contribution < -0.4 is 5.32 Å². The fourth-order valence-electron chi connectivity index (χ4n) is 3.35. The Kier molecular flexibility index (Phi) is 7.25. The molecule has 1 heterocycles. The van der Waals surface area contributed by atoms with E-state index in [0.29, 0.717) is 5.41 Å². The highest BCUT2D eigenvalue weighted by atomic mass is 79.9. The number of nitrogens with one attached hydrogen (secondary N) is 1. The molecule has 1 nitrogen and oxygen atoms in total. The summed E-state index contributed by atoms with van der Waals surface area (Å²) >= 11 is 3.54. The standard InChI is InChI=1S/C19H30BrN/c1-2-3-4-5-6-7-8-9-14-19(15-21-16-19)17-10-12-18(20)13-11-17/h10-13,21H,2-9,14-16H2,1H3. The third kappa shape index (κ3) is 5.10. The van der Waals surface area contributed by atoms with Gasteiger partial charge in [0.2, 0.25) is 0 Å². The first-order chi connectivity index (χ1) is 10.3. The molecular formula is C19H30BrN. The van der Waals surface area contributed by atoms with Crippen LogP contribution in [0.1, 0.15) is 70.3 Å². The molecule has 1 aromatic carbocycles. The summed E-state index contributed by atoms with van der Waals surface area (Å²) < 4.78 is 1.18. The van der Waals surface area contributed by atoms with Gasteiger partial charge in [-0.05, 0) is 24.1 Å². The number of unbranched alkanes of at least 4 members (excludes halogenated alkanes) is 7. The average Bonchev–Trinajstić information content (AvgIpc) is 2.45. The zero-order valence-corrected chi connectivity index (χ0v) is 15.1. The Morgan fingerprint density at radius 2 is 1.48 bits per heavy atom. The quantitative estimate of drug-likeness (QED) is 0.523. The minimum absolute atomic E-state index is 0.420. The van der Waals surface area contributed by atoms with Crippen LogP contribution in [0.4, 0.5) is 0 Å². The minimum Gasteiger partial charge on any atom is -0.315 e. The van der Waals surface area contributed by atoms with Crippen molar-refractivity contribution in [3.05, 3.63) is 34.3 Å². The van der Waals surface area contributed by atoms with Crippen molar-refractivity contribution < 1.29 is 0 Å². The van der Waals surface area contributed by atoms with E-state index in [4.69, 9.17) is 0 Å². The van der Waals surface area contributed by atoms with Gasteiger partial charge in [0, 0.05) is 23.0 Å². The molecule has 0 spiro atoms. The van der Waals surface area contributed by atoms with E-state index in [1.54, 1.807) is 0 Å². The predicted octanol–water partition coefficient (Wildman–Crippen LogP) is 5.82. The largest absolute Gasteiger partial charge is 0.315 e. The van der Waals surface area contributed by atoms with E-state index in [0.717, 1.165) is 13.1 Å². The highest BCUT2D eigenvalue weighted by Gasteiger charge is 2.37. The van der Waals surface area contributed by atoms with E-state index in [-0.39, 0.29) is 0 Å². The summed E-state index contributed by atoms with van der Waals surface area (Å²) in [7, 11) is 0. The number of halogens is 1. The SMILES string of the molecule is CCCCCCCCCCC1(c2ccc(Br)cc2)CNC1. The molecule has 1 aliphatic rings. The topological polar surface area (TPSA) is 12.0 Å². The maximum absolute atomic E-state index is 3.54. The van der Waals surface area contributed by atoms with Gasteiger partial charge < -0.3 is 5.32 Å². The molecule has 1 aliphatic heterocycles. The van der Waals surface area contributed by atoms with Crippen LogP contribution in [0.3, 0.4) is 0 Å². The van der Waals surface area contributed by atoms with Crippen LogP contribution in [0.2, 0.25) is 0 Å². The molecule has 1 aromatic rings.